The number of aryl methyl sites for hydroxylation is 1. The van der Waals surface area contributed by atoms with Gasteiger partial charge in [0.25, 0.3) is 0 Å². The summed E-state index contributed by atoms with van der Waals surface area (Å²) in [7, 11) is 0. The smallest absolute Gasteiger partial charge is 0.231 e. The van der Waals surface area contributed by atoms with Crippen molar-refractivity contribution in [3.8, 4) is 0 Å². The number of amides is 1. The average molecular weight is 307 g/mol. The molecular formula is C14H21N5OS. The van der Waals surface area contributed by atoms with E-state index in [0.717, 1.165) is 50.9 Å². The van der Waals surface area contributed by atoms with Crippen molar-refractivity contribution >= 4 is 28.3 Å². The van der Waals surface area contributed by atoms with Gasteiger partial charge in [0.1, 0.15) is 0 Å². The number of guanidine groups is 1. The van der Waals surface area contributed by atoms with Gasteiger partial charge in [-0.25, -0.2) is 4.98 Å². The quantitative estimate of drug-likeness (QED) is 0.574. The molecule has 1 aromatic heterocycles. The first-order valence-electron chi connectivity index (χ1n) is 7.54. The molecule has 1 aromatic rings. The van der Waals surface area contributed by atoms with Gasteiger partial charge >= 0.3 is 0 Å². The highest BCUT2D eigenvalue weighted by Crippen LogP contribution is 2.37. The van der Waals surface area contributed by atoms with Crippen molar-refractivity contribution in [2.75, 3.05) is 18.4 Å². The van der Waals surface area contributed by atoms with Gasteiger partial charge in [-0.2, -0.15) is 0 Å². The van der Waals surface area contributed by atoms with Crippen molar-refractivity contribution in [3.63, 3.8) is 0 Å². The Hall–Kier alpha value is -1.63. The van der Waals surface area contributed by atoms with Crippen molar-refractivity contribution in [3.05, 3.63) is 10.6 Å². The predicted molar refractivity (Wildman–Crippen MR) is 83.8 cm³/mol. The maximum Gasteiger partial charge on any atom is 0.231 e. The molecule has 2 heterocycles. The van der Waals surface area contributed by atoms with Gasteiger partial charge in [0.15, 0.2) is 11.1 Å². The molecule has 0 aromatic carbocycles. The van der Waals surface area contributed by atoms with E-state index < -0.39 is 0 Å². The molecule has 6 nitrogen and oxygen atoms in total. The van der Waals surface area contributed by atoms with E-state index in [1.807, 2.05) is 4.90 Å². The lowest BCUT2D eigenvalue weighted by molar-refractivity contribution is -0.134. The standard InChI is InChI=1S/C14H21N5OS/c15-13(16)18-14-17-11-9(5-4-6-10(11)21-14)12(20)19-7-2-1-3-8-19/h9H,1-8H2,(H4,15,16,17,18)/t9-/m0/s1. The number of hydrogen-bond donors (Lipinski definition) is 3. The Labute approximate surface area is 128 Å². The van der Waals surface area contributed by atoms with Crippen LogP contribution in [-0.4, -0.2) is 34.8 Å². The van der Waals surface area contributed by atoms with Crippen LogP contribution in [0.25, 0.3) is 0 Å². The minimum atomic E-state index is -0.111. The van der Waals surface area contributed by atoms with E-state index in [1.165, 1.54) is 22.6 Å². The van der Waals surface area contributed by atoms with Gasteiger partial charge < -0.3 is 16.0 Å². The van der Waals surface area contributed by atoms with Crippen LogP contribution in [0.15, 0.2) is 0 Å². The topological polar surface area (TPSA) is 95.1 Å². The third-order valence-electron chi connectivity index (χ3n) is 4.16. The molecule has 1 aliphatic heterocycles. The molecule has 1 saturated heterocycles. The van der Waals surface area contributed by atoms with Crippen LogP contribution in [0.5, 0.6) is 0 Å². The molecule has 3 rings (SSSR count). The number of anilines is 1. The highest BCUT2D eigenvalue weighted by atomic mass is 32.1. The van der Waals surface area contributed by atoms with E-state index in [4.69, 9.17) is 11.1 Å². The van der Waals surface area contributed by atoms with Crippen molar-refractivity contribution in [1.82, 2.24) is 9.88 Å². The average Bonchev–Trinajstić information content (AvgIpc) is 2.88. The van der Waals surface area contributed by atoms with Gasteiger partial charge in [0.05, 0.1) is 11.6 Å². The van der Waals surface area contributed by atoms with Crippen molar-refractivity contribution in [1.29, 1.82) is 5.41 Å². The number of fused-ring (bicyclic) bond motifs is 1. The van der Waals surface area contributed by atoms with Crippen LogP contribution in [0.4, 0.5) is 5.13 Å². The van der Waals surface area contributed by atoms with E-state index in [2.05, 4.69) is 10.3 Å². The number of hydrogen-bond acceptors (Lipinski definition) is 4. The number of carbonyl (C=O) groups is 1. The number of aromatic nitrogens is 1. The minimum Gasteiger partial charge on any atom is -0.370 e. The second-order valence-corrected chi connectivity index (χ2v) is 6.78. The molecule has 0 saturated carbocycles. The zero-order valence-electron chi connectivity index (χ0n) is 12.0. The second-order valence-electron chi connectivity index (χ2n) is 5.70. The molecule has 114 valence electrons. The maximum atomic E-state index is 12.8. The molecule has 4 N–H and O–H groups in total. The van der Waals surface area contributed by atoms with Crippen LogP contribution >= 0.6 is 11.3 Å². The number of carbonyl (C=O) groups excluding carboxylic acids is 1. The van der Waals surface area contributed by atoms with Crippen LogP contribution in [0.2, 0.25) is 0 Å². The normalized spacial score (nSPS) is 21.7. The third-order valence-corrected chi connectivity index (χ3v) is 5.21. The summed E-state index contributed by atoms with van der Waals surface area (Å²) in [6.07, 6.45) is 6.32. The highest BCUT2D eigenvalue weighted by Gasteiger charge is 2.33. The number of piperidine rings is 1. The first-order chi connectivity index (χ1) is 10.1. The lowest BCUT2D eigenvalue weighted by atomic mass is 9.89. The van der Waals surface area contributed by atoms with E-state index in [1.54, 1.807) is 0 Å². The minimum absolute atomic E-state index is 0.106. The summed E-state index contributed by atoms with van der Waals surface area (Å²) in [4.78, 5) is 20.4. The zero-order chi connectivity index (χ0) is 14.8. The SMILES string of the molecule is N=C(N)Nc1nc2c(s1)CCC[C@@H]2C(=O)N1CCCCC1. The summed E-state index contributed by atoms with van der Waals surface area (Å²) in [5.41, 5.74) is 6.27. The lowest BCUT2D eigenvalue weighted by Crippen LogP contribution is -2.39. The number of likely N-dealkylation sites (tertiary alicyclic amines) is 1. The molecule has 1 aliphatic carbocycles. The predicted octanol–water partition coefficient (Wildman–Crippen LogP) is 1.88. The molecule has 1 amide bonds. The number of nitrogens with zero attached hydrogens (tertiary/aromatic N) is 2. The van der Waals surface area contributed by atoms with Gasteiger partial charge in [-0.1, -0.05) is 0 Å². The fraction of sp³-hybridized carbons (Fsp3) is 0.643. The molecule has 0 unspecified atom stereocenters. The van der Waals surface area contributed by atoms with E-state index in [-0.39, 0.29) is 17.8 Å². The van der Waals surface area contributed by atoms with Crippen molar-refractivity contribution < 1.29 is 4.79 Å². The second kappa shape index (κ2) is 6.01. The molecule has 1 atom stereocenters. The van der Waals surface area contributed by atoms with Crippen LogP contribution in [-0.2, 0) is 11.2 Å². The Morgan fingerprint density at radius 2 is 2.10 bits per heavy atom. The van der Waals surface area contributed by atoms with Gasteiger partial charge in [0, 0.05) is 18.0 Å². The highest BCUT2D eigenvalue weighted by molar-refractivity contribution is 7.15. The molecule has 21 heavy (non-hydrogen) atoms. The first kappa shape index (κ1) is 14.3. The molecule has 2 aliphatic rings. The summed E-state index contributed by atoms with van der Waals surface area (Å²) in [6.45, 7) is 1.76. The van der Waals surface area contributed by atoms with E-state index in [0.29, 0.717) is 5.13 Å². The summed E-state index contributed by atoms with van der Waals surface area (Å²) < 4.78 is 0. The van der Waals surface area contributed by atoms with Crippen molar-refractivity contribution in [2.24, 2.45) is 5.73 Å². The summed E-state index contributed by atoms with van der Waals surface area (Å²) in [6, 6.07) is 0. The Kier molecular flexibility index (Phi) is 4.10. The largest absolute Gasteiger partial charge is 0.370 e. The summed E-state index contributed by atoms with van der Waals surface area (Å²) in [5.74, 6) is 0.0148. The molecule has 0 bridgehead atoms. The van der Waals surface area contributed by atoms with E-state index in [9.17, 15) is 4.79 Å². The first-order valence-corrected chi connectivity index (χ1v) is 8.36. The van der Waals surface area contributed by atoms with Gasteiger partial charge in [-0.05, 0) is 38.5 Å². The van der Waals surface area contributed by atoms with Crippen LogP contribution in [0, 0.1) is 5.41 Å². The maximum absolute atomic E-state index is 12.8. The number of nitrogens with one attached hydrogen (secondary N) is 2. The van der Waals surface area contributed by atoms with Gasteiger partial charge in [0.2, 0.25) is 5.91 Å². The van der Waals surface area contributed by atoms with Crippen LogP contribution in [0.1, 0.15) is 48.6 Å². The molecule has 0 spiro atoms. The summed E-state index contributed by atoms with van der Waals surface area (Å²) >= 11 is 1.52. The number of nitrogens with two attached hydrogens (primary N) is 1. The fourth-order valence-corrected chi connectivity index (χ4v) is 4.24. The fourth-order valence-electron chi connectivity index (χ4n) is 3.16. The van der Waals surface area contributed by atoms with Gasteiger partial charge in [-0.3, -0.25) is 10.2 Å². The molecular weight excluding hydrogens is 286 g/mol. The zero-order valence-corrected chi connectivity index (χ0v) is 12.8. The van der Waals surface area contributed by atoms with Crippen molar-refractivity contribution in [2.45, 2.75) is 44.4 Å². The molecule has 7 heteroatoms. The monoisotopic (exact) mass is 307 g/mol. The number of thiazole rings is 1. The Morgan fingerprint density at radius 1 is 1.33 bits per heavy atom. The third kappa shape index (κ3) is 3.02. The Balaban J connectivity index is 1.80. The summed E-state index contributed by atoms with van der Waals surface area (Å²) in [5, 5.41) is 10.7. The van der Waals surface area contributed by atoms with Crippen LogP contribution < -0.4 is 11.1 Å². The number of rotatable bonds is 2. The van der Waals surface area contributed by atoms with Gasteiger partial charge in [-0.15, -0.1) is 11.3 Å². The Bertz CT molecular complexity index is 550. The van der Waals surface area contributed by atoms with E-state index >= 15 is 0 Å². The Morgan fingerprint density at radius 3 is 2.81 bits per heavy atom. The lowest BCUT2D eigenvalue weighted by Gasteiger charge is -2.31. The molecule has 0 radical (unpaired) electrons. The van der Waals surface area contributed by atoms with Crippen LogP contribution in [0.3, 0.4) is 0 Å². The molecule has 1 fully saturated rings.